The number of carbonyl (C=O) groups is 2. The van der Waals surface area contributed by atoms with Gasteiger partial charge in [0.1, 0.15) is 11.9 Å². The van der Waals surface area contributed by atoms with E-state index in [1.54, 1.807) is 49.5 Å². The molecule has 10 heteroatoms. The van der Waals surface area contributed by atoms with E-state index in [0.717, 1.165) is 24.1 Å². The number of aromatic nitrogens is 2. The van der Waals surface area contributed by atoms with Crippen LogP contribution < -0.4 is 16.6 Å². The Labute approximate surface area is 222 Å². The van der Waals surface area contributed by atoms with Crippen LogP contribution in [0.4, 0.5) is 4.39 Å². The van der Waals surface area contributed by atoms with Crippen LogP contribution in [0.5, 0.6) is 0 Å². The quantitative estimate of drug-likeness (QED) is 0.362. The summed E-state index contributed by atoms with van der Waals surface area (Å²) in [7, 11) is 1.54. The first-order valence-corrected chi connectivity index (χ1v) is 12.6. The molecular weight excluding hydrogens is 503 g/mol. The molecule has 2 heterocycles. The molecule has 3 aromatic carbocycles. The van der Waals surface area contributed by atoms with Crippen molar-refractivity contribution in [2.45, 2.75) is 25.4 Å². The van der Waals surface area contributed by atoms with Gasteiger partial charge in [-0.1, -0.05) is 42.5 Å². The molecular formula is C29H27FN4O5. The van der Waals surface area contributed by atoms with E-state index < -0.39 is 35.0 Å². The van der Waals surface area contributed by atoms with Gasteiger partial charge in [0.25, 0.3) is 11.5 Å². The van der Waals surface area contributed by atoms with E-state index >= 15 is 0 Å². The molecule has 2 N–H and O–H groups in total. The average Bonchev–Trinajstić information content (AvgIpc) is 2.88. The van der Waals surface area contributed by atoms with Crippen LogP contribution in [0, 0.1) is 5.82 Å². The van der Waals surface area contributed by atoms with E-state index in [9.17, 15) is 28.7 Å². The number of aliphatic carboxylic acids is 1. The predicted octanol–water partition coefficient (Wildman–Crippen LogP) is 2.46. The zero-order valence-corrected chi connectivity index (χ0v) is 21.3. The number of aryl methyl sites for hydroxylation is 1. The van der Waals surface area contributed by atoms with E-state index in [1.807, 2.05) is 0 Å². The van der Waals surface area contributed by atoms with Crippen LogP contribution in [0.3, 0.4) is 0 Å². The number of hydrogen-bond donors (Lipinski definition) is 2. The molecule has 0 saturated carbocycles. The topological polar surface area (TPSA) is 114 Å². The summed E-state index contributed by atoms with van der Waals surface area (Å²) in [6.07, 6.45) is 2.33. The van der Waals surface area contributed by atoms with Crippen LogP contribution in [0.2, 0.25) is 0 Å². The largest absolute Gasteiger partial charge is 0.480 e. The van der Waals surface area contributed by atoms with Crippen molar-refractivity contribution in [1.82, 2.24) is 19.4 Å². The number of halogens is 1. The number of carboxylic acid groups (broad SMARTS) is 1. The molecule has 1 atom stereocenters. The Kier molecular flexibility index (Phi) is 7.12. The molecule has 1 aliphatic rings. The molecule has 1 amide bonds. The fourth-order valence-electron chi connectivity index (χ4n) is 4.91. The Morgan fingerprint density at radius 3 is 2.38 bits per heavy atom. The minimum atomic E-state index is -1.35. The Hall–Kier alpha value is -4.57. The van der Waals surface area contributed by atoms with Crippen molar-refractivity contribution in [3.05, 3.63) is 110 Å². The van der Waals surface area contributed by atoms with Crippen LogP contribution >= 0.6 is 0 Å². The third kappa shape index (κ3) is 5.10. The Bertz CT molecular complexity index is 1710. The van der Waals surface area contributed by atoms with Gasteiger partial charge in [0.2, 0.25) is 0 Å². The molecule has 1 aromatic heterocycles. The number of amides is 1. The van der Waals surface area contributed by atoms with Crippen molar-refractivity contribution >= 4 is 22.6 Å². The van der Waals surface area contributed by atoms with Crippen LogP contribution in [-0.2, 0) is 24.8 Å². The molecule has 0 spiro atoms. The Balaban J connectivity index is 1.48. The molecule has 0 bridgehead atoms. The monoisotopic (exact) mass is 530 g/mol. The molecule has 0 unspecified atom stereocenters. The van der Waals surface area contributed by atoms with Crippen LogP contribution in [0.25, 0.3) is 16.5 Å². The van der Waals surface area contributed by atoms with Crippen molar-refractivity contribution < 1.29 is 19.1 Å². The van der Waals surface area contributed by atoms with E-state index in [0.29, 0.717) is 34.1 Å². The summed E-state index contributed by atoms with van der Waals surface area (Å²) in [5.41, 5.74) is 0.271. The summed E-state index contributed by atoms with van der Waals surface area (Å²) < 4.78 is 17.1. The highest BCUT2D eigenvalue weighted by Crippen LogP contribution is 2.25. The number of carbonyl (C=O) groups excluding carboxylic acids is 1. The summed E-state index contributed by atoms with van der Waals surface area (Å²) in [6, 6.07) is 14.6. The predicted molar refractivity (Wildman–Crippen MR) is 144 cm³/mol. The van der Waals surface area contributed by atoms with Gasteiger partial charge in [0.05, 0.1) is 11.3 Å². The number of nitrogens with zero attached hydrogens (tertiary/aromatic N) is 3. The van der Waals surface area contributed by atoms with Gasteiger partial charge >= 0.3 is 11.7 Å². The molecule has 1 saturated heterocycles. The number of likely N-dealkylation sites (tertiary alicyclic amines) is 1. The van der Waals surface area contributed by atoms with Crippen molar-refractivity contribution in [3.63, 3.8) is 0 Å². The molecule has 1 aliphatic heterocycles. The van der Waals surface area contributed by atoms with Gasteiger partial charge in [0.15, 0.2) is 0 Å². The summed E-state index contributed by atoms with van der Waals surface area (Å²) in [5, 5.41) is 13.7. The van der Waals surface area contributed by atoms with Crippen LogP contribution in [0.15, 0.2) is 76.4 Å². The summed E-state index contributed by atoms with van der Waals surface area (Å²) >= 11 is 0. The maximum Gasteiger partial charge on any atom is 0.335 e. The maximum absolute atomic E-state index is 14.8. The first-order chi connectivity index (χ1) is 18.7. The second-order valence-electron chi connectivity index (χ2n) is 9.64. The van der Waals surface area contributed by atoms with Crippen LogP contribution in [0.1, 0.15) is 27.9 Å². The minimum absolute atomic E-state index is 0.0977. The second kappa shape index (κ2) is 10.7. The van der Waals surface area contributed by atoms with Gasteiger partial charge in [-0.2, -0.15) is 0 Å². The van der Waals surface area contributed by atoms with Crippen molar-refractivity contribution in [3.8, 4) is 5.69 Å². The number of nitrogens with one attached hydrogen (secondary N) is 1. The average molecular weight is 531 g/mol. The first-order valence-electron chi connectivity index (χ1n) is 12.6. The molecule has 4 aromatic rings. The van der Waals surface area contributed by atoms with Gasteiger partial charge in [0, 0.05) is 37.7 Å². The lowest BCUT2D eigenvalue weighted by Gasteiger charge is -2.31. The van der Waals surface area contributed by atoms with E-state index in [4.69, 9.17) is 0 Å². The van der Waals surface area contributed by atoms with Gasteiger partial charge in [-0.05, 0) is 48.2 Å². The normalized spacial score (nSPS) is 14.1. The number of rotatable bonds is 8. The Morgan fingerprint density at radius 2 is 1.67 bits per heavy atom. The van der Waals surface area contributed by atoms with E-state index in [2.05, 4.69) is 10.2 Å². The Morgan fingerprint density at radius 1 is 0.974 bits per heavy atom. The SMILES string of the molecule is Cn1ccc(=O)n(-c2cccc3c(C[C@H](NC(=O)c4c(F)cccc4CN4CCC4)C(=O)O)cccc23)c1=O. The van der Waals surface area contributed by atoms with Gasteiger partial charge in [-0.3, -0.25) is 14.5 Å². The lowest BCUT2D eigenvalue weighted by atomic mass is 9.97. The zero-order chi connectivity index (χ0) is 27.7. The summed E-state index contributed by atoms with van der Waals surface area (Å²) in [6.45, 7) is 2.13. The molecule has 5 rings (SSSR count). The smallest absolute Gasteiger partial charge is 0.335 e. The highest BCUT2D eigenvalue weighted by Gasteiger charge is 2.26. The number of carboxylic acids is 1. The lowest BCUT2D eigenvalue weighted by molar-refractivity contribution is -0.139. The number of hydrogen-bond acceptors (Lipinski definition) is 5. The summed E-state index contributed by atoms with van der Waals surface area (Å²) in [5.74, 6) is -2.78. The third-order valence-corrected chi connectivity index (χ3v) is 7.08. The van der Waals surface area contributed by atoms with E-state index in [-0.39, 0.29) is 12.0 Å². The second-order valence-corrected chi connectivity index (χ2v) is 9.64. The van der Waals surface area contributed by atoms with Crippen molar-refractivity contribution in [2.75, 3.05) is 13.1 Å². The number of fused-ring (bicyclic) bond motifs is 1. The van der Waals surface area contributed by atoms with Gasteiger partial charge < -0.3 is 15.0 Å². The minimum Gasteiger partial charge on any atom is -0.480 e. The molecule has 39 heavy (non-hydrogen) atoms. The van der Waals surface area contributed by atoms with Crippen molar-refractivity contribution in [1.29, 1.82) is 0 Å². The highest BCUT2D eigenvalue weighted by molar-refractivity contribution is 5.98. The maximum atomic E-state index is 14.8. The molecule has 1 fully saturated rings. The highest BCUT2D eigenvalue weighted by atomic mass is 19.1. The number of benzene rings is 3. The third-order valence-electron chi connectivity index (χ3n) is 7.08. The molecule has 9 nitrogen and oxygen atoms in total. The fourth-order valence-corrected chi connectivity index (χ4v) is 4.91. The van der Waals surface area contributed by atoms with E-state index in [1.165, 1.54) is 29.0 Å². The molecule has 200 valence electrons. The first kappa shape index (κ1) is 26.1. The van der Waals surface area contributed by atoms with Gasteiger partial charge in [-0.25, -0.2) is 18.5 Å². The molecule has 0 radical (unpaired) electrons. The molecule has 0 aliphatic carbocycles. The lowest BCUT2D eigenvalue weighted by Crippen LogP contribution is -2.43. The fraction of sp³-hybridized carbons (Fsp3) is 0.241. The van der Waals surface area contributed by atoms with Crippen LogP contribution in [-0.4, -0.2) is 50.1 Å². The standard InChI is InChI=1S/C29H27FN4O5/c1-32-15-12-25(35)34(29(32)39)24-11-4-8-20-18(6-2-9-21(20)24)16-23(28(37)38)31-27(36)26-19(7-3-10-22(26)30)17-33-13-5-14-33/h2-4,6-12,15,23H,5,13-14,16-17H2,1H3,(H,31,36)(H,37,38)/t23-/m0/s1. The van der Waals surface area contributed by atoms with Gasteiger partial charge in [-0.15, -0.1) is 0 Å². The van der Waals surface area contributed by atoms with Crippen molar-refractivity contribution in [2.24, 2.45) is 7.05 Å². The zero-order valence-electron chi connectivity index (χ0n) is 21.3. The summed E-state index contributed by atoms with van der Waals surface area (Å²) in [4.78, 5) is 52.8.